The van der Waals surface area contributed by atoms with Crippen LogP contribution in [-0.4, -0.2) is 47.0 Å². The Hall–Kier alpha value is -2.73. The molecule has 0 saturated carbocycles. The van der Waals surface area contributed by atoms with Crippen LogP contribution in [0.2, 0.25) is 0 Å². The molecule has 1 amide bonds. The summed E-state index contributed by atoms with van der Waals surface area (Å²) in [5.74, 6) is 2.33. The van der Waals surface area contributed by atoms with Crippen LogP contribution in [-0.2, 0) is 12.8 Å². The Labute approximate surface area is 187 Å². The maximum Gasteiger partial charge on any atom is 0.264 e. The van der Waals surface area contributed by atoms with E-state index in [1.165, 1.54) is 21.6 Å². The summed E-state index contributed by atoms with van der Waals surface area (Å²) in [7, 11) is 0. The molecule has 160 valence electrons. The molecule has 0 bridgehead atoms. The normalized spacial score (nSPS) is 15.7. The highest BCUT2D eigenvalue weighted by molar-refractivity contribution is 7.17. The zero-order valence-corrected chi connectivity index (χ0v) is 19.2. The number of benzene rings is 1. The highest BCUT2D eigenvalue weighted by Crippen LogP contribution is 2.39. The molecule has 0 atom stereocenters. The number of rotatable bonds is 3. The highest BCUT2D eigenvalue weighted by atomic mass is 32.1. The van der Waals surface area contributed by atoms with E-state index in [1.807, 2.05) is 17.9 Å². The quantitative estimate of drug-likeness (QED) is 0.602. The lowest BCUT2D eigenvalue weighted by Crippen LogP contribution is -2.49. The van der Waals surface area contributed by atoms with Gasteiger partial charge in [0.05, 0.1) is 4.88 Å². The molecule has 1 aromatic carbocycles. The van der Waals surface area contributed by atoms with E-state index in [-0.39, 0.29) is 5.91 Å². The molecule has 5 rings (SSSR count). The largest absolute Gasteiger partial charge is 0.353 e. The van der Waals surface area contributed by atoms with Gasteiger partial charge in [-0.2, -0.15) is 0 Å². The monoisotopic (exact) mass is 432 g/mol. The Morgan fingerprint density at radius 2 is 1.74 bits per heavy atom. The number of aromatic nitrogens is 2. The summed E-state index contributed by atoms with van der Waals surface area (Å²) in [5.41, 5.74) is 5.02. The number of piperazine rings is 1. The first-order chi connectivity index (χ1) is 15.0. The molecule has 3 aromatic rings. The molecule has 0 unspecified atom stereocenters. The number of hydrogen-bond acceptors (Lipinski definition) is 5. The molecule has 1 fully saturated rings. The number of thiophene rings is 1. The lowest BCUT2D eigenvalue weighted by atomic mass is 9.91. The third-order valence-electron chi connectivity index (χ3n) is 6.21. The van der Waals surface area contributed by atoms with Crippen molar-refractivity contribution in [3.8, 4) is 10.4 Å². The summed E-state index contributed by atoms with van der Waals surface area (Å²) < 4.78 is 0. The number of anilines is 1. The third-order valence-corrected chi connectivity index (χ3v) is 7.41. The first-order valence-corrected chi connectivity index (χ1v) is 11.9. The van der Waals surface area contributed by atoms with Crippen molar-refractivity contribution >= 4 is 23.1 Å². The fourth-order valence-electron chi connectivity index (χ4n) is 4.47. The van der Waals surface area contributed by atoms with E-state index in [9.17, 15) is 4.79 Å². The minimum Gasteiger partial charge on any atom is -0.353 e. The van der Waals surface area contributed by atoms with Crippen LogP contribution in [0.5, 0.6) is 0 Å². The molecule has 1 saturated heterocycles. The minimum atomic E-state index is 0.165. The van der Waals surface area contributed by atoms with Crippen molar-refractivity contribution in [3.05, 3.63) is 63.9 Å². The van der Waals surface area contributed by atoms with Gasteiger partial charge in [-0.05, 0) is 42.5 Å². The molecule has 31 heavy (non-hydrogen) atoms. The molecule has 2 aromatic heterocycles. The van der Waals surface area contributed by atoms with Gasteiger partial charge in [-0.3, -0.25) is 4.79 Å². The Morgan fingerprint density at radius 1 is 1.00 bits per heavy atom. The predicted molar refractivity (Wildman–Crippen MR) is 126 cm³/mol. The van der Waals surface area contributed by atoms with Gasteiger partial charge in [0.15, 0.2) is 0 Å². The lowest BCUT2D eigenvalue weighted by molar-refractivity contribution is 0.0751. The zero-order chi connectivity index (χ0) is 21.5. The Balaban J connectivity index is 1.30. The van der Waals surface area contributed by atoms with Gasteiger partial charge in [0.25, 0.3) is 5.91 Å². The molecule has 1 aliphatic heterocycles. The summed E-state index contributed by atoms with van der Waals surface area (Å²) in [6, 6.07) is 12.8. The summed E-state index contributed by atoms with van der Waals surface area (Å²) in [4.78, 5) is 29.0. The third kappa shape index (κ3) is 3.85. The van der Waals surface area contributed by atoms with E-state index in [4.69, 9.17) is 4.98 Å². The van der Waals surface area contributed by atoms with Crippen molar-refractivity contribution in [2.24, 2.45) is 0 Å². The number of nitrogens with zero attached hydrogens (tertiary/aromatic N) is 4. The topological polar surface area (TPSA) is 49.3 Å². The van der Waals surface area contributed by atoms with Crippen LogP contribution in [0.25, 0.3) is 10.4 Å². The maximum absolute atomic E-state index is 13.3. The van der Waals surface area contributed by atoms with Crippen molar-refractivity contribution in [1.82, 2.24) is 14.9 Å². The summed E-state index contributed by atoms with van der Waals surface area (Å²) in [6.07, 6.45) is 2.08. The van der Waals surface area contributed by atoms with Crippen molar-refractivity contribution in [3.63, 3.8) is 0 Å². The number of aryl methyl sites for hydroxylation is 3. The number of hydrogen-bond donors (Lipinski definition) is 0. The summed E-state index contributed by atoms with van der Waals surface area (Å²) in [5, 5.41) is 0. The average Bonchev–Trinajstić information content (AvgIpc) is 3.23. The fraction of sp³-hybridized carbons (Fsp3) is 0.400. The van der Waals surface area contributed by atoms with E-state index in [0.717, 1.165) is 61.2 Å². The van der Waals surface area contributed by atoms with Crippen molar-refractivity contribution in [1.29, 1.82) is 0 Å². The van der Waals surface area contributed by atoms with E-state index in [2.05, 4.69) is 54.1 Å². The van der Waals surface area contributed by atoms with Gasteiger partial charge in [-0.1, -0.05) is 38.1 Å². The van der Waals surface area contributed by atoms with Crippen LogP contribution in [0.3, 0.4) is 0 Å². The molecule has 0 spiro atoms. The van der Waals surface area contributed by atoms with Gasteiger partial charge >= 0.3 is 0 Å². The zero-order valence-electron chi connectivity index (χ0n) is 18.4. The van der Waals surface area contributed by atoms with Crippen molar-refractivity contribution in [2.75, 3.05) is 31.1 Å². The minimum absolute atomic E-state index is 0.165. The van der Waals surface area contributed by atoms with Crippen molar-refractivity contribution < 1.29 is 4.79 Å². The number of amides is 1. The molecule has 1 aliphatic carbocycles. The first kappa shape index (κ1) is 20.2. The Bertz CT molecular complexity index is 1130. The predicted octanol–water partition coefficient (Wildman–Crippen LogP) is 4.70. The van der Waals surface area contributed by atoms with Crippen LogP contribution in [0, 0.1) is 6.92 Å². The number of carbonyl (C=O) groups is 1. The second-order valence-corrected chi connectivity index (χ2v) is 9.83. The van der Waals surface area contributed by atoms with Crippen molar-refractivity contribution in [2.45, 2.75) is 39.5 Å². The van der Waals surface area contributed by atoms with Crippen LogP contribution >= 0.6 is 11.3 Å². The average molecular weight is 433 g/mol. The Morgan fingerprint density at radius 3 is 2.52 bits per heavy atom. The van der Waals surface area contributed by atoms with Gasteiger partial charge in [-0.15, -0.1) is 11.3 Å². The van der Waals surface area contributed by atoms with Gasteiger partial charge in [0.2, 0.25) is 0 Å². The Kier molecular flexibility index (Phi) is 5.26. The van der Waals surface area contributed by atoms with Gasteiger partial charge in [0, 0.05) is 48.7 Å². The maximum atomic E-state index is 13.3. The van der Waals surface area contributed by atoms with E-state index in [1.54, 1.807) is 11.3 Å². The summed E-state index contributed by atoms with van der Waals surface area (Å²) in [6.45, 7) is 9.30. The van der Waals surface area contributed by atoms with Crippen LogP contribution in [0.15, 0.2) is 36.4 Å². The second kappa shape index (κ2) is 8.08. The van der Waals surface area contributed by atoms with Gasteiger partial charge in [-0.25, -0.2) is 9.97 Å². The van der Waals surface area contributed by atoms with Crippen LogP contribution in [0.1, 0.15) is 52.1 Å². The first-order valence-electron chi connectivity index (χ1n) is 11.1. The molecular weight excluding hydrogens is 404 g/mol. The van der Waals surface area contributed by atoms with Crippen LogP contribution < -0.4 is 4.90 Å². The van der Waals surface area contributed by atoms with Gasteiger partial charge < -0.3 is 9.80 Å². The molecule has 3 heterocycles. The van der Waals surface area contributed by atoms with E-state index in [0.29, 0.717) is 5.92 Å². The SMILES string of the molecule is Cc1cc(N2CCN(C(=O)c3cc4c(s3)-c3ccccc3CC4)CC2)nc(C(C)C)n1. The van der Waals surface area contributed by atoms with E-state index >= 15 is 0 Å². The van der Waals surface area contributed by atoms with Gasteiger partial charge in [0.1, 0.15) is 11.6 Å². The number of carbonyl (C=O) groups excluding carboxylic acids is 1. The van der Waals surface area contributed by atoms with Crippen LogP contribution in [0.4, 0.5) is 5.82 Å². The molecule has 2 aliphatic rings. The van der Waals surface area contributed by atoms with E-state index < -0.39 is 0 Å². The molecule has 5 nitrogen and oxygen atoms in total. The molecule has 0 N–H and O–H groups in total. The smallest absolute Gasteiger partial charge is 0.264 e. The second-order valence-electron chi connectivity index (χ2n) is 8.78. The highest BCUT2D eigenvalue weighted by Gasteiger charge is 2.27. The number of fused-ring (bicyclic) bond motifs is 3. The standard InChI is InChI=1S/C25H28N4OS/c1-16(2)24-26-17(3)14-22(27-24)28-10-12-29(13-11-28)25(30)21-15-19-9-8-18-6-4-5-7-20(18)23(19)31-21/h4-7,14-16H,8-13H2,1-3H3. The fourth-order valence-corrected chi connectivity index (χ4v) is 5.70. The molecule has 0 radical (unpaired) electrons. The lowest BCUT2D eigenvalue weighted by Gasteiger charge is -2.35. The molecular formula is C25H28N4OS. The summed E-state index contributed by atoms with van der Waals surface area (Å²) >= 11 is 1.66. The molecule has 6 heteroatoms.